The molecule has 10 N–H and O–H groups in total. The largest absolute Gasteiger partial charge is 0.468 e. The standard InChI is InChI=1S/C15H14ClF2N5OS.C12H11ClF2N6OS.C12H10ClF2N5O2.C12H13ClN6O2S.C11H9N7OS/c16-13-21-11(19-6-9-2-1-3-25-9)10-12(22-13)23-14(20-10)24-7-8-4-15(17,18)5-8;1-12(14,15)5-22-11-18-7-8(17-4-6-16-2-3-23-6)19-10(13)20-9(7)21-11;13-11-18-9(16-4-6-2-1-3-21-6)8-10(19-11)20-12(17-8)22-5-7(14)15;1-21-12-15-8-9(17-12)16-11(13)18-10(8)19(3-4-20)6-7-14-2-5-22-7;1-19-11-17-8-9(14-5-7-13-2-3-20-7)15-6(4-12)16-10(8)18-11/h1-3,8H,4-7H2,(H2,19,20,21,22,23);2-3H,4-5H2,1H3,(H2,17,18,19,20,21);1-3,7H,4-5H2,(H2,16,17,18,19,20);2,5,20H,3-4,6H2,1H3,(H,15,16,17,18);2-3H,5H2,1H3,(H2,14,15,16,17,18). The highest BCUT2D eigenvalue weighted by atomic mass is 35.5. The van der Waals surface area contributed by atoms with Gasteiger partial charge in [-0.15, -0.1) is 45.3 Å². The summed E-state index contributed by atoms with van der Waals surface area (Å²) in [4.78, 5) is 91.1. The molecule has 1 aliphatic carbocycles. The second kappa shape index (κ2) is 37.2. The summed E-state index contributed by atoms with van der Waals surface area (Å²) in [7, 11) is 3.01. The molecular weight excluding hydrogens is 1650 g/mol. The van der Waals surface area contributed by atoms with Gasteiger partial charge in [0.1, 0.15) is 54.4 Å². The Balaban J connectivity index is 0.000000130. The van der Waals surface area contributed by atoms with E-state index in [2.05, 4.69) is 136 Å². The number of aromatic amines is 5. The van der Waals surface area contributed by atoms with Crippen LogP contribution in [0.15, 0.2) is 75.1 Å². The summed E-state index contributed by atoms with van der Waals surface area (Å²) in [6, 6.07) is 10.2. The van der Waals surface area contributed by atoms with Crippen molar-refractivity contribution >= 4 is 177 Å². The summed E-state index contributed by atoms with van der Waals surface area (Å²) in [6.45, 7) is 2.13. The topological polar surface area (TPSA) is 466 Å². The van der Waals surface area contributed by atoms with Crippen molar-refractivity contribution in [2.75, 3.05) is 73.4 Å². The van der Waals surface area contributed by atoms with E-state index in [4.69, 9.17) is 79.8 Å². The first-order valence-electron chi connectivity index (χ1n) is 32.4. The summed E-state index contributed by atoms with van der Waals surface area (Å²) in [5.74, 6) is -2.62. The molecule has 15 aromatic heterocycles. The summed E-state index contributed by atoms with van der Waals surface area (Å²) in [5, 5.41) is 41.1. The van der Waals surface area contributed by atoms with E-state index in [0.717, 1.165) is 26.8 Å². The lowest BCUT2D eigenvalue weighted by molar-refractivity contribution is -0.119. The number of fused-ring (bicyclic) bond motifs is 5. The molecule has 50 heteroatoms. The van der Waals surface area contributed by atoms with E-state index >= 15 is 0 Å². The average Bonchev–Trinajstić information content (AvgIpc) is 1.73. The van der Waals surface area contributed by atoms with Gasteiger partial charge in [0.25, 0.3) is 42.4 Å². The van der Waals surface area contributed by atoms with E-state index in [-0.39, 0.29) is 88.3 Å². The lowest BCUT2D eigenvalue weighted by atomic mass is 9.82. The van der Waals surface area contributed by atoms with Gasteiger partial charge in [0.2, 0.25) is 32.9 Å². The number of alkyl halides is 6. The minimum absolute atomic E-state index is 0.0157. The number of nitrogens with one attached hydrogen (secondary N) is 9. The number of nitriles is 1. The van der Waals surface area contributed by atoms with Crippen molar-refractivity contribution in [3.8, 4) is 36.1 Å². The van der Waals surface area contributed by atoms with Crippen LogP contribution >= 0.6 is 91.8 Å². The zero-order valence-corrected chi connectivity index (χ0v) is 64.1. The number of nitrogens with zero attached hydrogens (tertiary/aromatic N) is 20. The number of H-pyrrole nitrogens is 5. The molecule has 1 fully saturated rings. The van der Waals surface area contributed by atoms with Gasteiger partial charge in [-0.05, 0) is 70.0 Å². The Morgan fingerprint density at radius 3 is 1.54 bits per heavy atom. The predicted octanol–water partition coefficient (Wildman–Crippen LogP) is 12.8. The number of aliphatic hydroxyl groups is 1. The Morgan fingerprint density at radius 2 is 1.06 bits per heavy atom. The third kappa shape index (κ3) is 22.1. The zero-order chi connectivity index (χ0) is 78.9. The molecule has 0 radical (unpaired) electrons. The third-order valence-electron chi connectivity index (χ3n) is 14.7. The number of hydrogen-bond donors (Lipinski definition) is 10. The number of thiophene rings is 1. The Morgan fingerprint density at radius 1 is 0.589 bits per heavy atom. The van der Waals surface area contributed by atoms with Crippen molar-refractivity contribution in [1.82, 2.24) is 115 Å². The molecule has 15 heterocycles. The Labute approximate surface area is 661 Å². The summed E-state index contributed by atoms with van der Waals surface area (Å²) in [6.07, 6.45) is 3.82. The zero-order valence-electron chi connectivity index (χ0n) is 57.8. The second-order valence-electron chi connectivity index (χ2n) is 23.0. The molecule has 586 valence electrons. The maximum atomic E-state index is 12.9. The van der Waals surface area contributed by atoms with Gasteiger partial charge in [0.15, 0.2) is 70.5 Å². The number of thiazole rings is 3. The lowest BCUT2D eigenvalue weighted by Crippen LogP contribution is -2.38. The maximum Gasteiger partial charge on any atom is 0.296 e. The molecule has 0 unspecified atom stereocenters. The molecule has 0 atom stereocenters. The minimum Gasteiger partial charge on any atom is -0.468 e. The van der Waals surface area contributed by atoms with E-state index in [0.29, 0.717) is 131 Å². The fourth-order valence-corrected chi connectivity index (χ4v) is 13.0. The number of aliphatic hydroxyl groups excluding tert-OH is 1. The molecule has 0 aliphatic heterocycles. The van der Waals surface area contributed by atoms with Gasteiger partial charge in [-0.25, -0.2) is 41.3 Å². The van der Waals surface area contributed by atoms with Crippen LogP contribution in [0.4, 0.5) is 55.4 Å². The van der Waals surface area contributed by atoms with Crippen molar-refractivity contribution in [3.05, 3.63) is 123 Å². The van der Waals surface area contributed by atoms with Crippen LogP contribution < -0.4 is 49.9 Å². The van der Waals surface area contributed by atoms with Crippen molar-refractivity contribution in [3.63, 3.8) is 0 Å². The maximum absolute atomic E-state index is 12.9. The summed E-state index contributed by atoms with van der Waals surface area (Å²) < 4.78 is 106. The van der Waals surface area contributed by atoms with Gasteiger partial charge < -0.3 is 84.3 Å². The highest BCUT2D eigenvalue weighted by Gasteiger charge is 2.45. The van der Waals surface area contributed by atoms with Crippen LogP contribution in [0.3, 0.4) is 0 Å². The number of anilines is 5. The number of ether oxygens (including phenoxy) is 5. The molecule has 0 amide bonds. The van der Waals surface area contributed by atoms with Crippen LogP contribution in [0.1, 0.15) is 51.3 Å². The molecule has 0 spiro atoms. The van der Waals surface area contributed by atoms with Crippen molar-refractivity contribution in [2.24, 2.45) is 5.92 Å². The number of furan rings is 1. The van der Waals surface area contributed by atoms with Gasteiger partial charge >= 0.3 is 0 Å². The van der Waals surface area contributed by atoms with E-state index in [1.165, 1.54) is 48.2 Å². The van der Waals surface area contributed by atoms with Crippen LogP contribution in [0.5, 0.6) is 30.1 Å². The number of rotatable bonds is 28. The molecule has 15 aromatic rings. The molecule has 1 saturated carbocycles. The van der Waals surface area contributed by atoms with E-state index in [1.807, 2.05) is 44.6 Å². The first-order valence-corrected chi connectivity index (χ1v) is 37.5. The predicted molar refractivity (Wildman–Crippen MR) is 404 cm³/mol. The Bertz CT molecular complexity index is 5560. The van der Waals surface area contributed by atoms with Gasteiger partial charge in [-0.1, -0.05) is 6.07 Å². The quantitative estimate of drug-likeness (QED) is 0.0161. The van der Waals surface area contributed by atoms with Crippen LogP contribution in [0, 0.1) is 17.2 Å². The monoisotopic (exact) mass is 1700 g/mol. The molecule has 36 nitrogen and oxygen atoms in total. The highest BCUT2D eigenvalue weighted by molar-refractivity contribution is 7.10. The molecule has 16 rings (SSSR count). The fraction of sp³-hybridized carbons (Fsp3) is 0.306. The third-order valence-corrected chi connectivity index (χ3v) is 18.6. The molecular formula is C62H57Cl4F6N29O7S4. The summed E-state index contributed by atoms with van der Waals surface area (Å²) >= 11 is 29.8. The molecule has 112 heavy (non-hydrogen) atoms. The fourth-order valence-electron chi connectivity index (χ4n) is 9.93. The summed E-state index contributed by atoms with van der Waals surface area (Å²) in [5.41, 5.74) is 4.18. The van der Waals surface area contributed by atoms with Crippen LogP contribution in [0.2, 0.25) is 21.1 Å². The first kappa shape index (κ1) is 80.3. The highest BCUT2D eigenvalue weighted by Crippen LogP contribution is 2.42. The first-order chi connectivity index (χ1) is 54.0. The SMILES string of the molecule is CC(F)(F)COc1nc2nc(Cl)nc(NCc3nccs3)c2[nH]1.COc1nc2nc(C#N)nc(NCc3nccs3)c2[nH]1.COc1nc2nc(Cl)nc(N(CCO)Cc3nccs3)c2[nH]1.FC(F)COc1nc2nc(Cl)nc(NCc3ccco3)c2[nH]1.FC1(F)CC(COc2nc3nc(Cl)nc(NCc4cccs4)c3[nH]2)C1. The van der Waals surface area contributed by atoms with Crippen LogP contribution in [-0.4, -0.2) is 185 Å². The molecule has 0 aromatic carbocycles. The average molecular weight is 1700 g/mol. The number of halogens is 10. The van der Waals surface area contributed by atoms with Gasteiger partial charge in [-0.2, -0.15) is 80.0 Å². The molecule has 0 bridgehead atoms. The lowest BCUT2D eigenvalue weighted by Gasteiger charge is -2.34. The number of hydrogen-bond acceptors (Lipinski definition) is 35. The molecule has 0 saturated heterocycles. The number of methoxy groups -OCH3 is 2. The van der Waals surface area contributed by atoms with E-state index in [1.54, 1.807) is 48.3 Å². The second-order valence-corrected chi connectivity index (χ2v) is 28.3. The minimum atomic E-state index is -2.96. The smallest absolute Gasteiger partial charge is 0.296 e. The Hall–Kier alpha value is -11.2. The van der Waals surface area contributed by atoms with Crippen molar-refractivity contribution < 1.29 is 59.6 Å². The van der Waals surface area contributed by atoms with Crippen molar-refractivity contribution in [1.29, 1.82) is 5.26 Å². The Kier molecular flexibility index (Phi) is 26.7. The van der Waals surface area contributed by atoms with Crippen LogP contribution in [0.25, 0.3) is 55.8 Å². The van der Waals surface area contributed by atoms with E-state index < -0.39 is 31.5 Å². The van der Waals surface area contributed by atoms with Crippen molar-refractivity contribution in [2.45, 2.75) is 70.8 Å². The normalized spacial score (nSPS) is 12.4. The van der Waals surface area contributed by atoms with E-state index in [9.17, 15) is 31.4 Å². The van der Waals surface area contributed by atoms with Crippen LogP contribution in [-0.2, 0) is 32.7 Å². The molecule has 1 aliphatic rings. The van der Waals surface area contributed by atoms with Gasteiger partial charge in [0.05, 0.1) is 66.4 Å². The van der Waals surface area contributed by atoms with Gasteiger partial charge in [-0.3, -0.25) is 0 Å². The van der Waals surface area contributed by atoms with Gasteiger partial charge in [0, 0.05) is 71.8 Å². The number of aromatic nitrogens is 23. The number of imidazole rings is 5.